The van der Waals surface area contributed by atoms with E-state index in [1.54, 1.807) is 0 Å². The van der Waals surface area contributed by atoms with Gasteiger partial charge in [-0.15, -0.1) is 10.2 Å². The fourth-order valence-corrected chi connectivity index (χ4v) is 1.60. The molecule has 0 unspecified atom stereocenters. The maximum Gasteiger partial charge on any atom is 0.240 e. The first-order valence-electron chi connectivity index (χ1n) is 4.51. The molecule has 1 N–H and O–H groups in total. The fourth-order valence-electron chi connectivity index (χ4n) is 1.60. The Balaban J connectivity index is 2.33. The molecule has 0 bridgehead atoms. The summed E-state index contributed by atoms with van der Waals surface area (Å²) in [5.74, 6) is 1.22. The summed E-state index contributed by atoms with van der Waals surface area (Å²) < 4.78 is 1.94. The van der Waals surface area contributed by atoms with Crippen molar-refractivity contribution in [3.63, 3.8) is 0 Å². The molecule has 1 aromatic carbocycles. The first-order chi connectivity index (χ1) is 7.36. The van der Waals surface area contributed by atoms with Crippen LogP contribution in [0.4, 0.5) is 0 Å². The minimum absolute atomic E-state index is 0.508. The Morgan fingerprint density at radius 2 is 2.13 bits per heavy atom. The molecule has 0 aliphatic carbocycles. The van der Waals surface area contributed by atoms with Gasteiger partial charge in [-0.2, -0.15) is 5.21 Å². The van der Waals surface area contributed by atoms with E-state index in [0.29, 0.717) is 11.6 Å². The maximum atomic E-state index is 4.43. The van der Waals surface area contributed by atoms with Crippen LogP contribution in [0.25, 0.3) is 22.7 Å². The number of benzene rings is 1. The molecule has 0 saturated carbocycles. The normalized spacial score (nSPS) is 11.0. The van der Waals surface area contributed by atoms with Crippen LogP contribution in [0.15, 0.2) is 24.3 Å². The summed E-state index contributed by atoms with van der Waals surface area (Å²) in [6.45, 7) is 0. The summed E-state index contributed by atoms with van der Waals surface area (Å²) >= 11 is 0. The number of hydrogen-bond donors (Lipinski definition) is 1. The van der Waals surface area contributed by atoms with Crippen molar-refractivity contribution in [2.75, 3.05) is 0 Å². The van der Waals surface area contributed by atoms with Crippen LogP contribution in [0.5, 0.6) is 0 Å². The van der Waals surface area contributed by atoms with Gasteiger partial charge in [0.05, 0.1) is 11.0 Å². The monoisotopic (exact) mass is 200 g/mol. The molecule has 2 aromatic heterocycles. The molecule has 0 spiro atoms. The molecule has 3 aromatic rings. The predicted molar refractivity (Wildman–Crippen MR) is 53.9 cm³/mol. The van der Waals surface area contributed by atoms with Gasteiger partial charge in [-0.05, 0) is 17.3 Å². The molecule has 0 aliphatic heterocycles. The fraction of sp³-hybridized carbons (Fsp3) is 0.111. The van der Waals surface area contributed by atoms with Gasteiger partial charge < -0.3 is 4.57 Å². The molecule has 6 nitrogen and oxygen atoms in total. The van der Waals surface area contributed by atoms with Crippen LogP contribution in [-0.2, 0) is 7.05 Å². The molecule has 0 saturated heterocycles. The number of imidazole rings is 1. The third-order valence-electron chi connectivity index (χ3n) is 2.33. The van der Waals surface area contributed by atoms with Crippen LogP contribution in [0.3, 0.4) is 0 Å². The summed E-state index contributed by atoms with van der Waals surface area (Å²) in [5.41, 5.74) is 1.98. The molecule has 2 heterocycles. The van der Waals surface area contributed by atoms with Crippen LogP contribution >= 0.6 is 0 Å². The van der Waals surface area contributed by atoms with Crippen molar-refractivity contribution < 1.29 is 0 Å². The Bertz CT molecular complexity index is 594. The van der Waals surface area contributed by atoms with E-state index >= 15 is 0 Å². The Kier molecular flexibility index (Phi) is 1.55. The molecular formula is C9H8N6. The van der Waals surface area contributed by atoms with E-state index < -0.39 is 0 Å². The molecule has 15 heavy (non-hydrogen) atoms. The first kappa shape index (κ1) is 8.10. The van der Waals surface area contributed by atoms with E-state index in [-0.39, 0.29) is 0 Å². The maximum absolute atomic E-state index is 4.43. The third-order valence-corrected chi connectivity index (χ3v) is 2.33. The van der Waals surface area contributed by atoms with Crippen LogP contribution < -0.4 is 0 Å². The zero-order valence-electron chi connectivity index (χ0n) is 8.05. The van der Waals surface area contributed by atoms with E-state index in [0.717, 1.165) is 11.0 Å². The summed E-state index contributed by atoms with van der Waals surface area (Å²) in [5, 5.41) is 13.8. The van der Waals surface area contributed by atoms with Gasteiger partial charge in [0.15, 0.2) is 5.82 Å². The van der Waals surface area contributed by atoms with Crippen molar-refractivity contribution in [1.82, 2.24) is 30.2 Å². The van der Waals surface area contributed by atoms with Gasteiger partial charge in [0.25, 0.3) is 0 Å². The average molecular weight is 200 g/mol. The molecule has 0 atom stereocenters. The highest BCUT2D eigenvalue weighted by molar-refractivity contribution is 5.79. The topological polar surface area (TPSA) is 72.3 Å². The number of nitrogens with one attached hydrogen (secondary N) is 1. The molecule has 0 aliphatic rings. The number of aromatic nitrogens is 6. The van der Waals surface area contributed by atoms with Gasteiger partial charge in [0, 0.05) is 7.05 Å². The minimum atomic E-state index is 0.508. The highest BCUT2D eigenvalue weighted by Gasteiger charge is 2.12. The Labute approximate surface area is 84.9 Å². The van der Waals surface area contributed by atoms with E-state index in [1.165, 1.54) is 0 Å². The molecule has 0 amide bonds. The Hall–Kier alpha value is -2.24. The van der Waals surface area contributed by atoms with E-state index in [2.05, 4.69) is 25.6 Å². The van der Waals surface area contributed by atoms with E-state index in [9.17, 15) is 0 Å². The van der Waals surface area contributed by atoms with Crippen LogP contribution in [0, 0.1) is 0 Å². The van der Waals surface area contributed by atoms with Crippen LogP contribution in [-0.4, -0.2) is 30.2 Å². The summed E-state index contributed by atoms with van der Waals surface area (Å²) in [6.07, 6.45) is 0. The summed E-state index contributed by atoms with van der Waals surface area (Å²) in [7, 11) is 1.93. The van der Waals surface area contributed by atoms with Gasteiger partial charge in [0.1, 0.15) is 0 Å². The van der Waals surface area contributed by atoms with Crippen molar-refractivity contribution in [2.45, 2.75) is 0 Å². The number of nitrogens with zero attached hydrogens (tertiary/aromatic N) is 5. The smallest absolute Gasteiger partial charge is 0.240 e. The number of hydrogen-bond acceptors (Lipinski definition) is 4. The van der Waals surface area contributed by atoms with Gasteiger partial charge >= 0.3 is 0 Å². The van der Waals surface area contributed by atoms with Crippen molar-refractivity contribution in [1.29, 1.82) is 0 Å². The second-order valence-corrected chi connectivity index (χ2v) is 3.22. The quantitative estimate of drug-likeness (QED) is 0.629. The van der Waals surface area contributed by atoms with E-state index in [4.69, 9.17) is 0 Å². The number of aryl methyl sites for hydroxylation is 1. The lowest BCUT2D eigenvalue weighted by atomic mass is 10.3. The SMILES string of the molecule is Cn1c(-c2nn[nH]n2)nc2ccccc21. The highest BCUT2D eigenvalue weighted by Crippen LogP contribution is 2.19. The number of rotatable bonds is 1. The van der Waals surface area contributed by atoms with Gasteiger partial charge in [0.2, 0.25) is 5.82 Å². The lowest BCUT2D eigenvalue weighted by Crippen LogP contribution is -1.93. The van der Waals surface area contributed by atoms with Gasteiger partial charge in [-0.3, -0.25) is 0 Å². The average Bonchev–Trinajstić information content (AvgIpc) is 2.87. The minimum Gasteiger partial charge on any atom is -0.324 e. The zero-order valence-corrected chi connectivity index (χ0v) is 8.05. The predicted octanol–water partition coefficient (Wildman–Crippen LogP) is 0.753. The standard InChI is InChI=1S/C9H8N6/c1-15-7-5-3-2-4-6(7)10-9(15)8-11-13-14-12-8/h2-5H,1H3,(H,11,12,13,14). The van der Waals surface area contributed by atoms with Crippen LogP contribution in [0.1, 0.15) is 0 Å². The van der Waals surface area contributed by atoms with Gasteiger partial charge in [-0.25, -0.2) is 4.98 Å². The van der Waals surface area contributed by atoms with Gasteiger partial charge in [-0.1, -0.05) is 12.1 Å². The van der Waals surface area contributed by atoms with Crippen LogP contribution in [0.2, 0.25) is 0 Å². The number of tetrazole rings is 1. The lowest BCUT2D eigenvalue weighted by Gasteiger charge is -1.95. The third kappa shape index (κ3) is 1.11. The number of para-hydroxylation sites is 2. The molecule has 6 heteroatoms. The first-order valence-corrected chi connectivity index (χ1v) is 4.51. The molecule has 0 fully saturated rings. The van der Waals surface area contributed by atoms with Crippen molar-refractivity contribution in [2.24, 2.45) is 7.05 Å². The molecular weight excluding hydrogens is 192 g/mol. The van der Waals surface area contributed by atoms with Crippen molar-refractivity contribution in [3.05, 3.63) is 24.3 Å². The number of fused-ring (bicyclic) bond motifs is 1. The van der Waals surface area contributed by atoms with Crippen molar-refractivity contribution >= 4 is 11.0 Å². The second-order valence-electron chi connectivity index (χ2n) is 3.22. The van der Waals surface area contributed by atoms with E-state index in [1.807, 2.05) is 35.9 Å². The number of H-pyrrole nitrogens is 1. The Morgan fingerprint density at radius 1 is 1.27 bits per heavy atom. The number of aromatic amines is 1. The molecule has 74 valence electrons. The summed E-state index contributed by atoms with van der Waals surface area (Å²) in [6, 6.07) is 7.89. The molecule has 3 rings (SSSR count). The van der Waals surface area contributed by atoms with Crippen molar-refractivity contribution in [3.8, 4) is 11.6 Å². The Morgan fingerprint density at radius 3 is 2.87 bits per heavy atom. The lowest BCUT2D eigenvalue weighted by molar-refractivity contribution is 0.881. The molecule has 0 radical (unpaired) electrons. The zero-order chi connectivity index (χ0) is 10.3. The highest BCUT2D eigenvalue weighted by atomic mass is 15.5. The summed E-state index contributed by atoms with van der Waals surface area (Å²) in [4.78, 5) is 4.43. The largest absolute Gasteiger partial charge is 0.324 e. The second kappa shape index (κ2) is 2.88.